The molecular weight excluding hydrogens is 326 g/mol. The predicted molar refractivity (Wildman–Crippen MR) is 109 cm³/mol. The summed E-state index contributed by atoms with van der Waals surface area (Å²) in [6, 6.07) is 19.7. The minimum Gasteiger partial charge on any atom is -0.362 e. The third kappa shape index (κ3) is 5.03. The Morgan fingerprint density at radius 3 is 2.60 bits per heavy atom. The lowest BCUT2D eigenvalue weighted by molar-refractivity contribution is -0.919. The van der Waals surface area contributed by atoms with Crippen LogP contribution in [0.25, 0.3) is 0 Å². The highest BCUT2D eigenvalue weighted by Crippen LogP contribution is 2.12. The highest BCUT2D eigenvalue weighted by molar-refractivity contribution is 7.80. The van der Waals surface area contributed by atoms with Crippen molar-refractivity contribution in [1.29, 1.82) is 0 Å². The number of aryl methyl sites for hydroxylation is 1. The van der Waals surface area contributed by atoms with Crippen LogP contribution < -0.4 is 15.5 Å². The number of nitrogens with one attached hydrogen (secondary N) is 3. The van der Waals surface area contributed by atoms with E-state index >= 15 is 0 Å². The SMILES string of the molecule is Cc1ccc(NC(=S)NCC2CC[NH+](C(C)c3ccccc3)C2)cc1. The third-order valence-corrected chi connectivity index (χ3v) is 5.44. The standard InChI is InChI=1S/C21H27N3S/c1-16-8-10-20(11-9-16)23-21(25)22-14-18-12-13-24(15-18)17(2)19-6-4-3-5-7-19/h3-11,17-18H,12-15H2,1-2H3,(H2,22,23,25)/p+1. The first-order valence-electron chi connectivity index (χ1n) is 9.13. The summed E-state index contributed by atoms with van der Waals surface area (Å²) in [6.07, 6.45) is 1.26. The van der Waals surface area contributed by atoms with Crippen LogP contribution in [0.15, 0.2) is 54.6 Å². The number of likely N-dealkylation sites (tertiary alicyclic amines) is 1. The van der Waals surface area contributed by atoms with Gasteiger partial charge in [-0.05, 0) is 38.2 Å². The summed E-state index contributed by atoms with van der Waals surface area (Å²) >= 11 is 5.43. The Labute approximate surface area is 156 Å². The summed E-state index contributed by atoms with van der Waals surface area (Å²) in [4.78, 5) is 1.68. The molecule has 3 N–H and O–H groups in total. The summed E-state index contributed by atoms with van der Waals surface area (Å²) in [7, 11) is 0. The lowest BCUT2D eigenvalue weighted by atomic mass is 10.1. The van der Waals surface area contributed by atoms with Crippen LogP contribution in [0.5, 0.6) is 0 Å². The molecule has 1 aliphatic heterocycles. The minimum atomic E-state index is 0.559. The number of hydrogen-bond donors (Lipinski definition) is 3. The van der Waals surface area contributed by atoms with Crippen LogP contribution in [0.2, 0.25) is 0 Å². The second kappa shape index (κ2) is 8.45. The van der Waals surface area contributed by atoms with E-state index < -0.39 is 0 Å². The Kier molecular flexibility index (Phi) is 6.05. The maximum atomic E-state index is 5.43. The molecule has 0 amide bonds. The molecule has 3 nitrogen and oxygen atoms in total. The summed E-state index contributed by atoms with van der Waals surface area (Å²) in [5, 5.41) is 7.38. The van der Waals surface area contributed by atoms with Gasteiger partial charge in [-0.1, -0.05) is 48.0 Å². The van der Waals surface area contributed by atoms with Gasteiger partial charge in [0.1, 0.15) is 6.04 Å². The first-order valence-corrected chi connectivity index (χ1v) is 9.53. The maximum absolute atomic E-state index is 5.43. The molecule has 1 fully saturated rings. The average Bonchev–Trinajstić information content (AvgIpc) is 3.11. The summed E-state index contributed by atoms with van der Waals surface area (Å²) in [6.45, 7) is 7.81. The lowest BCUT2D eigenvalue weighted by Crippen LogP contribution is -3.10. The zero-order valence-electron chi connectivity index (χ0n) is 15.1. The third-order valence-electron chi connectivity index (χ3n) is 5.20. The second-order valence-electron chi connectivity index (χ2n) is 7.10. The first-order chi connectivity index (χ1) is 12.1. The molecule has 1 aliphatic rings. The average molecular weight is 355 g/mol. The van der Waals surface area contributed by atoms with Crippen molar-refractivity contribution in [3.05, 3.63) is 65.7 Å². The van der Waals surface area contributed by atoms with E-state index in [1.54, 1.807) is 4.90 Å². The molecule has 0 aliphatic carbocycles. The number of thiocarbonyl (C=S) groups is 1. The van der Waals surface area contributed by atoms with Gasteiger partial charge in [-0.25, -0.2) is 0 Å². The van der Waals surface area contributed by atoms with Crippen LogP contribution in [0, 0.1) is 12.8 Å². The molecule has 0 saturated carbocycles. The van der Waals surface area contributed by atoms with E-state index in [1.165, 1.54) is 30.6 Å². The van der Waals surface area contributed by atoms with Crippen LogP contribution in [-0.2, 0) is 0 Å². The Hall–Kier alpha value is -1.91. The van der Waals surface area contributed by atoms with E-state index in [1.807, 2.05) is 0 Å². The number of hydrogen-bond acceptors (Lipinski definition) is 1. The molecule has 3 atom stereocenters. The molecule has 4 heteroatoms. The molecule has 2 aromatic carbocycles. The zero-order chi connectivity index (χ0) is 17.6. The normalized spacial score (nSPS) is 20.9. The van der Waals surface area contributed by atoms with Gasteiger partial charge >= 0.3 is 0 Å². The van der Waals surface area contributed by atoms with Crippen LogP contribution in [0.3, 0.4) is 0 Å². The molecule has 3 unspecified atom stereocenters. The van der Waals surface area contributed by atoms with E-state index in [2.05, 4.69) is 79.1 Å². The molecule has 25 heavy (non-hydrogen) atoms. The van der Waals surface area contributed by atoms with Crippen LogP contribution in [-0.4, -0.2) is 24.7 Å². The number of rotatable bonds is 5. The maximum Gasteiger partial charge on any atom is 0.170 e. The van der Waals surface area contributed by atoms with E-state index in [4.69, 9.17) is 12.2 Å². The lowest BCUT2D eigenvalue weighted by Gasteiger charge is -2.22. The van der Waals surface area contributed by atoms with E-state index in [9.17, 15) is 0 Å². The Balaban J connectivity index is 1.44. The van der Waals surface area contributed by atoms with Crippen LogP contribution in [0.4, 0.5) is 5.69 Å². The topological polar surface area (TPSA) is 28.5 Å². The van der Waals surface area contributed by atoms with Crippen molar-refractivity contribution in [3.63, 3.8) is 0 Å². The molecule has 0 spiro atoms. The fraction of sp³-hybridized carbons (Fsp3) is 0.381. The Bertz CT molecular complexity index is 684. The predicted octanol–water partition coefficient (Wildman–Crippen LogP) is 2.95. The van der Waals surface area contributed by atoms with E-state index in [0.717, 1.165) is 12.2 Å². The fourth-order valence-electron chi connectivity index (χ4n) is 3.56. The van der Waals surface area contributed by atoms with Gasteiger partial charge < -0.3 is 15.5 Å². The second-order valence-corrected chi connectivity index (χ2v) is 7.51. The number of benzene rings is 2. The van der Waals surface area contributed by atoms with Gasteiger partial charge in [-0.2, -0.15) is 0 Å². The first kappa shape index (κ1) is 17.9. The van der Waals surface area contributed by atoms with Crippen LogP contribution in [0.1, 0.15) is 30.5 Å². The van der Waals surface area contributed by atoms with E-state index in [0.29, 0.717) is 17.1 Å². The van der Waals surface area contributed by atoms with Gasteiger partial charge in [0.2, 0.25) is 0 Å². The fourth-order valence-corrected chi connectivity index (χ4v) is 3.76. The summed E-state index contributed by atoms with van der Waals surface area (Å²) < 4.78 is 0. The van der Waals surface area contributed by atoms with Crippen molar-refractivity contribution in [1.82, 2.24) is 5.32 Å². The smallest absolute Gasteiger partial charge is 0.170 e. The number of anilines is 1. The van der Waals surface area contributed by atoms with E-state index in [-0.39, 0.29) is 0 Å². The van der Waals surface area contributed by atoms with Crippen LogP contribution >= 0.6 is 12.2 Å². The molecule has 2 aromatic rings. The monoisotopic (exact) mass is 354 g/mol. The molecular formula is C21H28N3S+. The van der Waals surface area contributed by atoms with Gasteiger partial charge in [0.15, 0.2) is 5.11 Å². The van der Waals surface area contributed by atoms with Gasteiger partial charge in [0, 0.05) is 30.1 Å². The molecule has 3 rings (SSSR count). The zero-order valence-corrected chi connectivity index (χ0v) is 15.9. The van der Waals surface area contributed by atoms with Crippen molar-refractivity contribution in [2.24, 2.45) is 5.92 Å². The Morgan fingerprint density at radius 2 is 1.88 bits per heavy atom. The number of quaternary nitrogens is 1. The molecule has 0 bridgehead atoms. The molecule has 132 valence electrons. The van der Waals surface area contributed by atoms with Gasteiger partial charge in [-0.3, -0.25) is 0 Å². The van der Waals surface area contributed by atoms with Gasteiger partial charge in [0.05, 0.1) is 13.1 Å². The molecule has 0 aromatic heterocycles. The van der Waals surface area contributed by atoms with Crippen molar-refractivity contribution in [2.75, 3.05) is 25.0 Å². The Morgan fingerprint density at radius 1 is 1.16 bits per heavy atom. The minimum absolute atomic E-state index is 0.559. The molecule has 0 radical (unpaired) electrons. The van der Waals surface area contributed by atoms with Crippen molar-refractivity contribution >= 4 is 23.0 Å². The summed E-state index contributed by atoms with van der Waals surface area (Å²) in [5.41, 5.74) is 3.73. The highest BCUT2D eigenvalue weighted by atomic mass is 32.1. The van der Waals surface area contributed by atoms with Gasteiger partial charge in [-0.15, -0.1) is 0 Å². The van der Waals surface area contributed by atoms with Crippen molar-refractivity contribution in [3.8, 4) is 0 Å². The van der Waals surface area contributed by atoms with Crippen molar-refractivity contribution < 1.29 is 4.90 Å². The summed E-state index contributed by atoms with van der Waals surface area (Å²) in [5.74, 6) is 0.680. The largest absolute Gasteiger partial charge is 0.362 e. The molecule has 1 saturated heterocycles. The highest BCUT2D eigenvalue weighted by Gasteiger charge is 2.30. The van der Waals surface area contributed by atoms with Crippen molar-refractivity contribution in [2.45, 2.75) is 26.3 Å². The van der Waals surface area contributed by atoms with Gasteiger partial charge in [0.25, 0.3) is 0 Å². The quantitative estimate of drug-likeness (QED) is 0.721. The molecule has 1 heterocycles.